The zero-order valence-corrected chi connectivity index (χ0v) is 13.7. The highest BCUT2D eigenvalue weighted by Crippen LogP contribution is 2.33. The van der Waals surface area contributed by atoms with E-state index in [4.69, 9.17) is 0 Å². The van der Waals surface area contributed by atoms with Crippen LogP contribution in [0.3, 0.4) is 0 Å². The first-order valence-electron chi connectivity index (χ1n) is 8.44. The van der Waals surface area contributed by atoms with Crippen molar-refractivity contribution in [3.63, 3.8) is 0 Å². The minimum atomic E-state index is 0.738. The second kappa shape index (κ2) is 7.26. The van der Waals surface area contributed by atoms with E-state index in [1.54, 1.807) is 5.56 Å². The number of fused-ring (bicyclic) bond motifs is 1. The predicted molar refractivity (Wildman–Crippen MR) is 87.9 cm³/mol. The molecule has 2 rings (SSSR count). The summed E-state index contributed by atoms with van der Waals surface area (Å²) in [5, 5.41) is 0. The van der Waals surface area contributed by atoms with Crippen molar-refractivity contribution < 1.29 is 0 Å². The molecule has 1 heterocycles. The van der Waals surface area contributed by atoms with Crippen molar-refractivity contribution in [1.82, 2.24) is 4.90 Å². The summed E-state index contributed by atoms with van der Waals surface area (Å²) in [7, 11) is 2.33. The molecular formula is C19H31N. The van der Waals surface area contributed by atoms with Gasteiger partial charge in [-0.15, -0.1) is 0 Å². The van der Waals surface area contributed by atoms with Crippen molar-refractivity contribution in [2.45, 2.75) is 65.5 Å². The van der Waals surface area contributed by atoms with Crippen LogP contribution in [0, 0.1) is 11.8 Å². The minimum Gasteiger partial charge on any atom is -0.299 e. The van der Waals surface area contributed by atoms with Crippen LogP contribution in [0.1, 0.15) is 57.6 Å². The Kier molecular flexibility index (Phi) is 5.65. The minimum absolute atomic E-state index is 0.738. The molecule has 0 fully saturated rings. The van der Waals surface area contributed by atoms with Gasteiger partial charge in [-0.3, -0.25) is 4.90 Å². The number of nitrogens with zero attached hydrogens (tertiary/aromatic N) is 1. The fourth-order valence-electron chi connectivity index (χ4n) is 4.24. The zero-order chi connectivity index (χ0) is 14.5. The first-order chi connectivity index (χ1) is 9.67. The molecule has 1 heteroatoms. The van der Waals surface area contributed by atoms with Gasteiger partial charge in [-0.1, -0.05) is 57.9 Å². The molecule has 0 amide bonds. The summed E-state index contributed by atoms with van der Waals surface area (Å²) >= 11 is 0. The highest BCUT2D eigenvalue weighted by atomic mass is 15.1. The molecule has 112 valence electrons. The van der Waals surface area contributed by atoms with Crippen LogP contribution < -0.4 is 0 Å². The van der Waals surface area contributed by atoms with E-state index in [1.807, 2.05) is 0 Å². The topological polar surface area (TPSA) is 3.24 Å². The Balaban J connectivity index is 2.22. The Morgan fingerprint density at radius 1 is 1.10 bits per heavy atom. The third-order valence-electron chi connectivity index (χ3n) is 4.97. The lowest BCUT2D eigenvalue weighted by molar-refractivity contribution is 0.110. The van der Waals surface area contributed by atoms with Crippen LogP contribution in [-0.4, -0.2) is 18.0 Å². The van der Waals surface area contributed by atoms with Gasteiger partial charge in [0.25, 0.3) is 0 Å². The van der Waals surface area contributed by atoms with Crippen molar-refractivity contribution in [3.05, 3.63) is 35.4 Å². The van der Waals surface area contributed by atoms with Crippen LogP contribution >= 0.6 is 0 Å². The van der Waals surface area contributed by atoms with Crippen molar-refractivity contribution >= 4 is 0 Å². The quantitative estimate of drug-likeness (QED) is 0.738. The molecule has 20 heavy (non-hydrogen) atoms. The smallest absolute Gasteiger partial charge is 0.0236 e. The van der Waals surface area contributed by atoms with Gasteiger partial charge in [0.15, 0.2) is 0 Å². The highest BCUT2D eigenvalue weighted by molar-refractivity contribution is 5.29. The van der Waals surface area contributed by atoms with Crippen LogP contribution in [0.25, 0.3) is 0 Å². The monoisotopic (exact) mass is 273 g/mol. The predicted octanol–water partition coefficient (Wildman–Crippen LogP) is 4.90. The third kappa shape index (κ3) is 3.44. The summed E-state index contributed by atoms with van der Waals surface area (Å²) in [6, 6.07) is 9.77. The van der Waals surface area contributed by atoms with Crippen LogP contribution in [0.4, 0.5) is 0 Å². The van der Waals surface area contributed by atoms with Crippen molar-refractivity contribution in [3.8, 4) is 0 Å². The average molecular weight is 273 g/mol. The van der Waals surface area contributed by atoms with E-state index in [0.29, 0.717) is 0 Å². The van der Waals surface area contributed by atoms with E-state index in [1.165, 1.54) is 37.7 Å². The first kappa shape index (κ1) is 15.6. The normalized spacial score (nSPS) is 23.6. The fourth-order valence-corrected chi connectivity index (χ4v) is 4.24. The Morgan fingerprint density at radius 3 is 2.30 bits per heavy atom. The molecule has 1 aromatic rings. The molecule has 0 N–H and O–H groups in total. The molecule has 0 saturated carbocycles. The van der Waals surface area contributed by atoms with E-state index < -0.39 is 0 Å². The van der Waals surface area contributed by atoms with Gasteiger partial charge >= 0.3 is 0 Å². The maximum Gasteiger partial charge on any atom is 0.0236 e. The summed E-state index contributed by atoms with van der Waals surface area (Å²) in [6.07, 6.45) is 6.63. The molecule has 1 nitrogen and oxygen atoms in total. The maximum atomic E-state index is 2.63. The molecule has 0 radical (unpaired) electrons. The summed E-state index contributed by atoms with van der Waals surface area (Å²) in [5.74, 6) is 1.62. The number of benzene rings is 1. The van der Waals surface area contributed by atoms with Crippen LogP contribution in [0.5, 0.6) is 0 Å². The lowest BCUT2D eigenvalue weighted by atomic mass is 9.81. The Morgan fingerprint density at radius 2 is 1.70 bits per heavy atom. The van der Waals surface area contributed by atoms with Crippen molar-refractivity contribution in [2.75, 3.05) is 7.05 Å². The van der Waals surface area contributed by atoms with Gasteiger partial charge in [-0.25, -0.2) is 0 Å². The Bertz CT molecular complexity index is 375. The molecule has 2 unspecified atom stereocenters. The molecule has 0 aromatic heterocycles. The summed E-state index contributed by atoms with van der Waals surface area (Å²) in [4.78, 5) is 2.63. The SMILES string of the molecule is CCCC(CCC)C1C(C)Cc2ccccc2CN1C. The summed E-state index contributed by atoms with van der Waals surface area (Å²) in [5.41, 5.74) is 3.11. The fraction of sp³-hybridized carbons (Fsp3) is 0.684. The number of hydrogen-bond acceptors (Lipinski definition) is 1. The summed E-state index contributed by atoms with van der Waals surface area (Å²) in [6.45, 7) is 8.24. The second-order valence-corrected chi connectivity index (χ2v) is 6.69. The van der Waals surface area contributed by atoms with Gasteiger partial charge in [0.1, 0.15) is 0 Å². The van der Waals surface area contributed by atoms with Crippen LogP contribution in [0.2, 0.25) is 0 Å². The molecule has 0 saturated heterocycles. The average Bonchev–Trinajstić information content (AvgIpc) is 2.53. The molecule has 1 aliphatic rings. The van der Waals surface area contributed by atoms with E-state index in [-0.39, 0.29) is 0 Å². The molecule has 2 atom stereocenters. The van der Waals surface area contributed by atoms with Crippen LogP contribution in [-0.2, 0) is 13.0 Å². The molecule has 0 spiro atoms. The largest absolute Gasteiger partial charge is 0.299 e. The van der Waals surface area contributed by atoms with E-state index in [9.17, 15) is 0 Å². The van der Waals surface area contributed by atoms with Crippen molar-refractivity contribution in [2.24, 2.45) is 11.8 Å². The first-order valence-corrected chi connectivity index (χ1v) is 8.44. The molecule has 0 aliphatic carbocycles. The highest BCUT2D eigenvalue weighted by Gasteiger charge is 2.32. The third-order valence-corrected chi connectivity index (χ3v) is 4.97. The standard InChI is InChI=1S/C19H31N/c1-5-9-16(10-6-2)19-15(3)13-17-11-7-8-12-18(17)14-20(19)4/h7-8,11-12,15-16,19H,5-6,9-10,13-14H2,1-4H3. The number of hydrogen-bond donors (Lipinski definition) is 0. The van der Waals surface area contributed by atoms with Gasteiger partial charge in [0, 0.05) is 12.6 Å². The molecule has 1 aromatic carbocycles. The number of rotatable bonds is 5. The van der Waals surface area contributed by atoms with Gasteiger partial charge in [0.05, 0.1) is 0 Å². The summed E-state index contributed by atoms with van der Waals surface area (Å²) < 4.78 is 0. The zero-order valence-electron chi connectivity index (χ0n) is 13.7. The van der Waals surface area contributed by atoms with Gasteiger partial charge in [-0.05, 0) is 49.3 Å². The van der Waals surface area contributed by atoms with E-state index >= 15 is 0 Å². The van der Waals surface area contributed by atoms with Gasteiger partial charge in [0.2, 0.25) is 0 Å². The van der Waals surface area contributed by atoms with Gasteiger partial charge in [-0.2, -0.15) is 0 Å². The molecule has 0 bridgehead atoms. The Labute approximate surface area is 125 Å². The van der Waals surface area contributed by atoms with E-state index in [2.05, 4.69) is 57.0 Å². The van der Waals surface area contributed by atoms with Crippen LogP contribution in [0.15, 0.2) is 24.3 Å². The van der Waals surface area contributed by atoms with Crippen molar-refractivity contribution in [1.29, 1.82) is 0 Å². The molecule has 1 aliphatic heterocycles. The lowest BCUT2D eigenvalue weighted by Gasteiger charge is -2.37. The van der Waals surface area contributed by atoms with Gasteiger partial charge < -0.3 is 0 Å². The lowest BCUT2D eigenvalue weighted by Crippen LogP contribution is -2.41. The Hall–Kier alpha value is -0.820. The molecular weight excluding hydrogens is 242 g/mol. The second-order valence-electron chi connectivity index (χ2n) is 6.69. The maximum absolute atomic E-state index is 2.63. The van der Waals surface area contributed by atoms with E-state index in [0.717, 1.165) is 24.4 Å².